The molecule has 2 heterocycles. The highest BCUT2D eigenvalue weighted by molar-refractivity contribution is 7.14. The van der Waals surface area contributed by atoms with E-state index in [4.69, 9.17) is 0 Å². The number of esters is 2. The molecule has 0 bridgehead atoms. The van der Waals surface area contributed by atoms with E-state index in [0.29, 0.717) is 4.88 Å². The molecule has 0 spiro atoms. The first kappa shape index (κ1) is 8.37. The molecular weight excluding hydrogens is 190 g/mol. The molecule has 0 aromatic carbocycles. The second-order valence-electron chi connectivity index (χ2n) is 3.06. The Balaban J connectivity index is 2.52. The molecule has 0 amide bonds. The third-order valence-electron chi connectivity index (χ3n) is 1.70. The summed E-state index contributed by atoms with van der Waals surface area (Å²) < 4.78 is 4.38. The summed E-state index contributed by atoms with van der Waals surface area (Å²) in [6.45, 7) is 3.92. The van der Waals surface area contributed by atoms with Crippen molar-refractivity contribution in [2.75, 3.05) is 0 Å². The fourth-order valence-electron chi connectivity index (χ4n) is 1.04. The summed E-state index contributed by atoms with van der Waals surface area (Å²) in [5.74, 6) is -0.955. The molecule has 68 valence electrons. The number of rotatable bonds is 1. The van der Waals surface area contributed by atoms with Crippen molar-refractivity contribution in [2.24, 2.45) is 0 Å². The Kier molecular flexibility index (Phi) is 1.69. The van der Waals surface area contributed by atoms with Crippen molar-refractivity contribution in [3.8, 4) is 0 Å². The van der Waals surface area contributed by atoms with Crippen LogP contribution in [-0.2, 0) is 4.74 Å². The van der Waals surface area contributed by atoms with E-state index in [-0.39, 0.29) is 11.6 Å². The van der Waals surface area contributed by atoms with Crippen molar-refractivity contribution in [3.63, 3.8) is 0 Å². The van der Waals surface area contributed by atoms with E-state index in [9.17, 15) is 9.59 Å². The van der Waals surface area contributed by atoms with Crippen LogP contribution in [0.3, 0.4) is 0 Å². The van der Waals surface area contributed by atoms with Crippen LogP contribution in [0, 0.1) is 0 Å². The lowest BCUT2D eigenvalue weighted by molar-refractivity contribution is 0.0442. The average Bonchev–Trinajstić information content (AvgIpc) is 2.55. The highest BCUT2D eigenvalue weighted by Gasteiger charge is 2.34. The number of aromatic nitrogens is 1. The molecule has 1 aliphatic rings. The van der Waals surface area contributed by atoms with Crippen LogP contribution in [0.2, 0.25) is 0 Å². The molecule has 1 aromatic heterocycles. The fraction of sp³-hybridized carbons (Fsp3) is 0.375. The minimum absolute atomic E-state index is 0.179. The molecule has 5 heteroatoms. The molecular formula is C8H7NO3S. The van der Waals surface area contributed by atoms with E-state index in [2.05, 4.69) is 9.72 Å². The largest absolute Gasteiger partial charge is 0.384 e. The molecule has 1 aromatic rings. The fourth-order valence-corrected chi connectivity index (χ4v) is 1.97. The van der Waals surface area contributed by atoms with Crippen molar-refractivity contribution in [1.29, 1.82) is 0 Å². The Morgan fingerprint density at radius 1 is 1.31 bits per heavy atom. The van der Waals surface area contributed by atoms with Crippen molar-refractivity contribution in [3.05, 3.63) is 15.6 Å². The number of carbonyl (C=O) groups is 2. The van der Waals surface area contributed by atoms with E-state index in [1.807, 2.05) is 13.8 Å². The lowest BCUT2D eigenvalue weighted by atomic mass is 10.2. The second kappa shape index (κ2) is 2.63. The lowest BCUT2D eigenvalue weighted by Crippen LogP contribution is -2.00. The highest BCUT2D eigenvalue weighted by Crippen LogP contribution is 2.29. The van der Waals surface area contributed by atoms with Crippen LogP contribution in [0.25, 0.3) is 0 Å². The third-order valence-corrected chi connectivity index (χ3v) is 3.04. The summed E-state index contributed by atoms with van der Waals surface area (Å²) in [5.41, 5.74) is 0.179. The number of thiazole rings is 1. The summed E-state index contributed by atoms with van der Waals surface area (Å²) in [6.07, 6.45) is 0. The number of nitrogens with zero attached hydrogens (tertiary/aromatic N) is 1. The normalized spacial score (nSPS) is 15.0. The van der Waals surface area contributed by atoms with Crippen LogP contribution < -0.4 is 0 Å². The molecule has 0 radical (unpaired) electrons. The Hall–Kier alpha value is -1.23. The van der Waals surface area contributed by atoms with Gasteiger partial charge in [-0.15, -0.1) is 11.3 Å². The zero-order valence-corrected chi connectivity index (χ0v) is 7.97. The molecule has 0 saturated heterocycles. The van der Waals surface area contributed by atoms with Gasteiger partial charge >= 0.3 is 11.9 Å². The number of hydrogen-bond acceptors (Lipinski definition) is 5. The van der Waals surface area contributed by atoms with E-state index in [0.717, 1.165) is 5.01 Å². The first-order chi connectivity index (χ1) is 6.09. The predicted molar refractivity (Wildman–Crippen MR) is 45.9 cm³/mol. The molecule has 0 fully saturated rings. The lowest BCUT2D eigenvalue weighted by Gasteiger charge is -1.96. The van der Waals surface area contributed by atoms with E-state index >= 15 is 0 Å². The molecule has 0 aliphatic carbocycles. The van der Waals surface area contributed by atoms with Gasteiger partial charge < -0.3 is 4.74 Å². The quantitative estimate of drug-likeness (QED) is 0.506. The summed E-state index contributed by atoms with van der Waals surface area (Å²) in [7, 11) is 0. The van der Waals surface area contributed by atoms with Gasteiger partial charge in [-0.3, -0.25) is 0 Å². The van der Waals surface area contributed by atoms with Crippen molar-refractivity contribution >= 4 is 23.3 Å². The van der Waals surface area contributed by atoms with Gasteiger partial charge in [0.1, 0.15) is 4.88 Å². The van der Waals surface area contributed by atoms with Gasteiger partial charge in [0.25, 0.3) is 0 Å². The van der Waals surface area contributed by atoms with Crippen molar-refractivity contribution in [2.45, 2.75) is 19.8 Å². The number of hydrogen-bond donors (Lipinski definition) is 0. The Labute approximate surface area is 78.5 Å². The van der Waals surface area contributed by atoms with Crippen molar-refractivity contribution in [1.82, 2.24) is 4.98 Å². The second-order valence-corrected chi connectivity index (χ2v) is 4.09. The standard InChI is InChI=1S/C8H7NO3S/c1-3(2)6-9-4-5(13-6)8(11)12-7(4)10/h3H,1-2H3. The van der Waals surface area contributed by atoms with E-state index < -0.39 is 11.9 Å². The van der Waals surface area contributed by atoms with Gasteiger partial charge in [-0.25, -0.2) is 14.6 Å². The summed E-state index contributed by atoms with van der Waals surface area (Å²) >= 11 is 1.24. The van der Waals surface area contributed by atoms with Gasteiger partial charge in [0.05, 0.1) is 5.01 Å². The zero-order chi connectivity index (χ0) is 9.59. The Morgan fingerprint density at radius 3 is 2.54 bits per heavy atom. The maximum absolute atomic E-state index is 11.0. The average molecular weight is 197 g/mol. The number of ether oxygens (including phenoxy) is 1. The smallest absolute Gasteiger partial charge is 0.366 e. The first-order valence-electron chi connectivity index (χ1n) is 3.87. The summed E-state index contributed by atoms with van der Waals surface area (Å²) in [4.78, 5) is 26.4. The number of cyclic esters (lactones) is 2. The maximum atomic E-state index is 11.0. The van der Waals surface area contributed by atoms with Crippen LogP contribution in [-0.4, -0.2) is 16.9 Å². The third kappa shape index (κ3) is 1.16. The van der Waals surface area contributed by atoms with Gasteiger partial charge in [0.2, 0.25) is 0 Å². The van der Waals surface area contributed by atoms with Gasteiger partial charge in [-0.1, -0.05) is 13.8 Å². The van der Waals surface area contributed by atoms with Crippen LogP contribution >= 0.6 is 11.3 Å². The molecule has 13 heavy (non-hydrogen) atoms. The molecule has 1 aliphatic heterocycles. The molecule has 0 unspecified atom stereocenters. The van der Waals surface area contributed by atoms with Crippen LogP contribution in [0.1, 0.15) is 44.9 Å². The maximum Gasteiger partial charge on any atom is 0.366 e. The minimum atomic E-state index is -0.622. The van der Waals surface area contributed by atoms with Crippen molar-refractivity contribution < 1.29 is 14.3 Å². The number of carbonyl (C=O) groups excluding carboxylic acids is 2. The SMILES string of the molecule is CC(C)c1nc2c(s1)C(=O)OC2=O. The van der Waals surface area contributed by atoms with Gasteiger partial charge in [-0.05, 0) is 0 Å². The molecule has 0 saturated carbocycles. The zero-order valence-electron chi connectivity index (χ0n) is 7.16. The minimum Gasteiger partial charge on any atom is -0.384 e. The predicted octanol–water partition coefficient (Wildman–Crippen LogP) is 1.58. The highest BCUT2D eigenvalue weighted by atomic mass is 32.1. The monoisotopic (exact) mass is 197 g/mol. The van der Waals surface area contributed by atoms with Crippen LogP contribution in [0.4, 0.5) is 0 Å². The molecule has 2 rings (SSSR count). The topological polar surface area (TPSA) is 56.3 Å². The number of fused-ring (bicyclic) bond motifs is 1. The van der Waals surface area contributed by atoms with Gasteiger partial charge in [-0.2, -0.15) is 0 Å². The Morgan fingerprint density at radius 2 is 2.00 bits per heavy atom. The first-order valence-corrected chi connectivity index (χ1v) is 4.68. The summed E-state index contributed by atoms with van der Waals surface area (Å²) in [6, 6.07) is 0. The van der Waals surface area contributed by atoms with E-state index in [1.54, 1.807) is 0 Å². The molecule has 0 atom stereocenters. The van der Waals surface area contributed by atoms with Gasteiger partial charge in [0.15, 0.2) is 5.69 Å². The molecule has 0 N–H and O–H groups in total. The van der Waals surface area contributed by atoms with Crippen LogP contribution in [0.15, 0.2) is 0 Å². The summed E-state index contributed by atoms with van der Waals surface area (Å²) in [5, 5.41) is 0.801. The Bertz CT molecular complexity index is 363. The van der Waals surface area contributed by atoms with E-state index in [1.165, 1.54) is 11.3 Å². The molecule has 4 nitrogen and oxygen atoms in total. The van der Waals surface area contributed by atoms with Crippen LogP contribution in [0.5, 0.6) is 0 Å². The van der Waals surface area contributed by atoms with Gasteiger partial charge in [0, 0.05) is 5.92 Å².